The lowest BCUT2D eigenvalue weighted by Crippen LogP contribution is -2.42. The monoisotopic (exact) mass is 393 g/mol. The summed E-state index contributed by atoms with van der Waals surface area (Å²) < 4.78 is 0. The van der Waals surface area contributed by atoms with Gasteiger partial charge in [0.25, 0.3) is 11.8 Å². The van der Waals surface area contributed by atoms with Crippen molar-refractivity contribution in [1.82, 2.24) is 10.2 Å². The molecule has 3 rings (SSSR count). The summed E-state index contributed by atoms with van der Waals surface area (Å²) in [7, 11) is 1.94. The molecule has 1 atom stereocenters. The molecule has 140 valence electrons. The van der Waals surface area contributed by atoms with Crippen LogP contribution in [0.4, 0.5) is 5.69 Å². The average molecular weight is 394 g/mol. The molecule has 0 radical (unpaired) electrons. The Balaban J connectivity index is 0.00000243. The van der Waals surface area contributed by atoms with E-state index in [1.54, 1.807) is 18.2 Å². The summed E-state index contributed by atoms with van der Waals surface area (Å²) in [6, 6.07) is 10.9. The molecule has 26 heavy (non-hydrogen) atoms. The first kappa shape index (κ1) is 20.4. The fraction of sp³-hybridized carbons (Fsp3) is 0.368. The molecular weight excluding hydrogens is 370 g/mol. The molecule has 1 unspecified atom stereocenters. The first-order valence-corrected chi connectivity index (χ1v) is 9.44. The molecule has 0 spiro atoms. The average Bonchev–Trinajstić information content (AvgIpc) is 3.17. The highest BCUT2D eigenvalue weighted by atomic mass is 35.5. The third kappa shape index (κ3) is 4.84. The van der Waals surface area contributed by atoms with Crippen LogP contribution < -0.4 is 10.6 Å². The lowest BCUT2D eigenvalue weighted by Gasteiger charge is -2.33. The zero-order valence-electron chi connectivity index (χ0n) is 14.7. The van der Waals surface area contributed by atoms with Gasteiger partial charge in [-0.05, 0) is 55.9 Å². The maximum Gasteiger partial charge on any atom is 0.265 e. The molecule has 5 nitrogen and oxygen atoms in total. The van der Waals surface area contributed by atoms with Crippen LogP contribution in [0.3, 0.4) is 0 Å². The van der Waals surface area contributed by atoms with E-state index >= 15 is 0 Å². The minimum atomic E-state index is -0.179. The highest BCUT2D eigenvalue weighted by molar-refractivity contribution is 7.12. The Bertz CT molecular complexity index is 734. The topological polar surface area (TPSA) is 61.4 Å². The highest BCUT2D eigenvalue weighted by Gasteiger charge is 2.25. The highest BCUT2D eigenvalue weighted by Crippen LogP contribution is 2.23. The van der Waals surface area contributed by atoms with Crippen molar-refractivity contribution in [3.05, 3.63) is 52.2 Å². The molecule has 1 aliphatic rings. The van der Waals surface area contributed by atoms with E-state index in [0.717, 1.165) is 32.5 Å². The smallest absolute Gasteiger partial charge is 0.265 e. The minimum absolute atomic E-state index is 0. The standard InChI is InChI=1S/C19H23N3O2S.ClH/c1-20-12-14-6-4-10-22(13-14)19(24)15-7-2-3-8-16(15)21-18(23)17-9-5-11-25-17;/h2-3,5,7-9,11,14,20H,4,6,10,12-13H2,1H3,(H,21,23);1H. The van der Waals surface area contributed by atoms with Crippen LogP contribution in [0.25, 0.3) is 0 Å². The van der Waals surface area contributed by atoms with Crippen LogP contribution in [-0.4, -0.2) is 43.4 Å². The maximum absolute atomic E-state index is 13.0. The molecule has 0 aliphatic carbocycles. The molecule has 1 aliphatic heterocycles. The van der Waals surface area contributed by atoms with Crippen molar-refractivity contribution >= 4 is 41.2 Å². The number of piperidine rings is 1. The molecule has 0 bridgehead atoms. The van der Waals surface area contributed by atoms with Gasteiger partial charge in [-0.1, -0.05) is 18.2 Å². The molecule has 7 heteroatoms. The number of para-hydroxylation sites is 1. The van der Waals surface area contributed by atoms with E-state index in [1.807, 2.05) is 35.5 Å². The van der Waals surface area contributed by atoms with E-state index in [2.05, 4.69) is 10.6 Å². The van der Waals surface area contributed by atoms with Crippen LogP contribution in [0.15, 0.2) is 41.8 Å². The SMILES string of the molecule is CNCC1CCCN(C(=O)c2ccccc2NC(=O)c2cccs2)C1.Cl. The number of nitrogens with zero attached hydrogens (tertiary/aromatic N) is 1. The van der Waals surface area contributed by atoms with E-state index in [4.69, 9.17) is 0 Å². The van der Waals surface area contributed by atoms with E-state index < -0.39 is 0 Å². The third-order valence-electron chi connectivity index (χ3n) is 4.45. The Morgan fingerprint density at radius 3 is 2.77 bits per heavy atom. The molecule has 2 heterocycles. The van der Waals surface area contributed by atoms with Gasteiger partial charge in [0.2, 0.25) is 0 Å². The van der Waals surface area contributed by atoms with Crippen LogP contribution >= 0.6 is 23.7 Å². The quantitative estimate of drug-likeness (QED) is 0.817. The molecule has 2 aromatic rings. The summed E-state index contributed by atoms with van der Waals surface area (Å²) >= 11 is 1.38. The fourth-order valence-corrected chi connectivity index (χ4v) is 3.86. The first-order valence-electron chi connectivity index (χ1n) is 8.57. The number of carbonyl (C=O) groups is 2. The Labute approximate surface area is 164 Å². The molecule has 1 aromatic carbocycles. The summed E-state index contributed by atoms with van der Waals surface area (Å²) in [5.41, 5.74) is 1.12. The van der Waals surface area contributed by atoms with E-state index in [0.29, 0.717) is 22.0 Å². The molecule has 2 N–H and O–H groups in total. The number of nitrogens with one attached hydrogen (secondary N) is 2. The third-order valence-corrected chi connectivity index (χ3v) is 5.32. The molecule has 2 amide bonds. The number of hydrogen-bond donors (Lipinski definition) is 2. The number of likely N-dealkylation sites (tertiary alicyclic amines) is 1. The van der Waals surface area contributed by atoms with Crippen molar-refractivity contribution in [2.75, 3.05) is 32.0 Å². The largest absolute Gasteiger partial charge is 0.338 e. The number of anilines is 1. The summed E-state index contributed by atoms with van der Waals surface area (Å²) in [5.74, 6) is 0.292. The summed E-state index contributed by atoms with van der Waals surface area (Å²) in [5, 5.41) is 7.94. The number of halogens is 1. The summed E-state index contributed by atoms with van der Waals surface area (Å²) in [6.07, 6.45) is 2.16. The van der Waals surface area contributed by atoms with Crippen LogP contribution in [0.1, 0.15) is 32.9 Å². The van der Waals surface area contributed by atoms with Gasteiger partial charge >= 0.3 is 0 Å². The number of thiophene rings is 1. The normalized spacial score (nSPS) is 16.7. The second-order valence-electron chi connectivity index (χ2n) is 6.29. The van der Waals surface area contributed by atoms with Crippen LogP contribution in [-0.2, 0) is 0 Å². The summed E-state index contributed by atoms with van der Waals surface area (Å²) in [4.78, 5) is 27.9. The van der Waals surface area contributed by atoms with Crippen LogP contribution in [0.5, 0.6) is 0 Å². The Morgan fingerprint density at radius 2 is 2.04 bits per heavy atom. The minimum Gasteiger partial charge on any atom is -0.338 e. The number of hydrogen-bond acceptors (Lipinski definition) is 4. The second-order valence-corrected chi connectivity index (χ2v) is 7.24. The van der Waals surface area contributed by atoms with Gasteiger partial charge in [-0.2, -0.15) is 0 Å². The van der Waals surface area contributed by atoms with Gasteiger partial charge in [0.1, 0.15) is 0 Å². The van der Waals surface area contributed by atoms with Crippen LogP contribution in [0.2, 0.25) is 0 Å². The van der Waals surface area contributed by atoms with Crippen molar-refractivity contribution in [2.24, 2.45) is 5.92 Å². The van der Waals surface area contributed by atoms with Crippen molar-refractivity contribution in [3.63, 3.8) is 0 Å². The lowest BCUT2D eigenvalue weighted by atomic mass is 9.97. The van der Waals surface area contributed by atoms with Crippen molar-refractivity contribution in [2.45, 2.75) is 12.8 Å². The molecule has 1 aromatic heterocycles. The fourth-order valence-electron chi connectivity index (χ4n) is 3.25. The Morgan fingerprint density at radius 1 is 1.23 bits per heavy atom. The van der Waals surface area contributed by atoms with Gasteiger partial charge in [-0.3, -0.25) is 9.59 Å². The number of carbonyl (C=O) groups excluding carboxylic acids is 2. The van der Waals surface area contributed by atoms with Crippen molar-refractivity contribution in [1.29, 1.82) is 0 Å². The molecule has 1 saturated heterocycles. The molecule has 0 saturated carbocycles. The number of amides is 2. The van der Waals surface area contributed by atoms with Gasteiger partial charge in [0.15, 0.2) is 0 Å². The number of benzene rings is 1. The van der Waals surface area contributed by atoms with Gasteiger partial charge in [-0.15, -0.1) is 23.7 Å². The number of rotatable bonds is 5. The maximum atomic E-state index is 13.0. The van der Waals surface area contributed by atoms with Gasteiger partial charge in [0, 0.05) is 13.1 Å². The zero-order chi connectivity index (χ0) is 17.6. The van der Waals surface area contributed by atoms with E-state index in [1.165, 1.54) is 11.3 Å². The lowest BCUT2D eigenvalue weighted by molar-refractivity contribution is 0.0675. The predicted octanol–water partition coefficient (Wildman–Crippen LogP) is 3.49. The van der Waals surface area contributed by atoms with Crippen LogP contribution in [0, 0.1) is 5.92 Å². The summed E-state index contributed by atoms with van der Waals surface area (Å²) in [6.45, 7) is 2.44. The van der Waals surface area contributed by atoms with Gasteiger partial charge in [-0.25, -0.2) is 0 Å². The Hall–Kier alpha value is -1.89. The van der Waals surface area contributed by atoms with Crippen molar-refractivity contribution in [3.8, 4) is 0 Å². The van der Waals surface area contributed by atoms with Gasteiger partial charge < -0.3 is 15.5 Å². The first-order chi connectivity index (χ1) is 12.2. The van der Waals surface area contributed by atoms with E-state index in [-0.39, 0.29) is 24.2 Å². The second kappa shape index (κ2) is 9.71. The zero-order valence-corrected chi connectivity index (χ0v) is 16.4. The molecule has 1 fully saturated rings. The Kier molecular flexibility index (Phi) is 7.63. The van der Waals surface area contributed by atoms with Gasteiger partial charge in [0.05, 0.1) is 16.1 Å². The molecular formula is C19H24ClN3O2S. The van der Waals surface area contributed by atoms with E-state index in [9.17, 15) is 9.59 Å². The predicted molar refractivity (Wildman–Crippen MR) is 109 cm³/mol. The van der Waals surface area contributed by atoms with Crippen molar-refractivity contribution < 1.29 is 9.59 Å².